The quantitative estimate of drug-likeness (QED) is 0.670. The largest absolute Gasteiger partial charge is 0.508 e. The maximum Gasteiger partial charge on any atom is 0.274 e. The van der Waals surface area contributed by atoms with Crippen LogP contribution in [0.5, 0.6) is 5.75 Å². The van der Waals surface area contributed by atoms with Crippen molar-refractivity contribution in [3.8, 4) is 5.75 Å². The van der Waals surface area contributed by atoms with Gasteiger partial charge in [-0.2, -0.15) is 5.10 Å². The van der Waals surface area contributed by atoms with Crippen molar-refractivity contribution in [3.63, 3.8) is 0 Å². The molecule has 0 radical (unpaired) electrons. The Balaban J connectivity index is 2.16. The van der Waals surface area contributed by atoms with Crippen molar-refractivity contribution in [1.82, 2.24) is 5.43 Å². The number of rotatable bonds is 4. The fourth-order valence-electron chi connectivity index (χ4n) is 1.83. The first-order valence-corrected chi connectivity index (χ1v) is 6.52. The van der Waals surface area contributed by atoms with Crippen LogP contribution in [0, 0.1) is 5.82 Å². The first-order chi connectivity index (χ1) is 10.1. The van der Waals surface area contributed by atoms with Gasteiger partial charge >= 0.3 is 0 Å². The fourth-order valence-corrected chi connectivity index (χ4v) is 1.83. The van der Waals surface area contributed by atoms with E-state index in [1.165, 1.54) is 18.2 Å². The number of hydrogen-bond donors (Lipinski definition) is 2. The van der Waals surface area contributed by atoms with Gasteiger partial charge in [0.15, 0.2) is 0 Å². The minimum absolute atomic E-state index is 0.0533. The van der Waals surface area contributed by atoms with E-state index in [2.05, 4.69) is 10.5 Å². The first kappa shape index (κ1) is 14.7. The summed E-state index contributed by atoms with van der Waals surface area (Å²) >= 11 is 0. The van der Waals surface area contributed by atoms with Gasteiger partial charge in [-0.25, -0.2) is 9.82 Å². The molecule has 2 aromatic carbocycles. The Morgan fingerprint density at radius 1 is 1.19 bits per heavy atom. The second kappa shape index (κ2) is 6.65. The van der Waals surface area contributed by atoms with Crippen molar-refractivity contribution in [2.75, 3.05) is 0 Å². The van der Waals surface area contributed by atoms with Crippen molar-refractivity contribution in [2.45, 2.75) is 13.3 Å². The molecule has 21 heavy (non-hydrogen) atoms. The van der Waals surface area contributed by atoms with Gasteiger partial charge in [0.05, 0.1) is 11.3 Å². The number of hydrazone groups is 1. The molecule has 0 aliphatic rings. The molecule has 0 aliphatic carbocycles. The Morgan fingerprint density at radius 3 is 2.48 bits per heavy atom. The molecular formula is C16H15FN2O2. The van der Waals surface area contributed by atoms with E-state index in [1.54, 1.807) is 30.3 Å². The Bertz CT molecular complexity index is 666. The summed E-state index contributed by atoms with van der Waals surface area (Å²) in [6.45, 7) is 1.89. The van der Waals surface area contributed by atoms with Crippen molar-refractivity contribution >= 4 is 11.6 Å². The van der Waals surface area contributed by atoms with Crippen molar-refractivity contribution in [3.05, 3.63) is 65.5 Å². The topological polar surface area (TPSA) is 61.7 Å². The summed E-state index contributed by atoms with van der Waals surface area (Å²) in [5.74, 6) is -1.03. The molecule has 0 bridgehead atoms. The number of phenols is 1. The molecule has 0 saturated carbocycles. The molecule has 2 rings (SSSR count). The number of benzene rings is 2. The molecule has 2 N–H and O–H groups in total. The molecule has 0 spiro atoms. The molecule has 108 valence electrons. The van der Waals surface area contributed by atoms with Gasteiger partial charge in [0.25, 0.3) is 5.91 Å². The van der Waals surface area contributed by atoms with E-state index in [-0.39, 0.29) is 11.3 Å². The molecule has 0 aliphatic heterocycles. The van der Waals surface area contributed by atoms with Gasteiger partial charge in [-0.3, -0.25) is 4.79 Å². The zero-order chi connectivity index (χ0) is 15.2. The summed E-state index contributed by atoms with van der Waals surface area (Å²) in [4.78, 5) is 11.9. The number of aromatic hydroxyl groups is 1. The van der Waals surface area contributed by atoms with Crippen LogP contribution in [0.4, 0.5) is 4.39 Å². The third-order valence-electron chi connectivity index (χ3n) is 2.95. The lowest BCUT2D eigenvalue weighted by Crippen LogP contribution is -2.21. The number of carbonyl (C=O) groups excluding carboxylic acids is 1. The summed E-state index contributed by atoms with van der Waals surface area (Å²) < 4.78 is 13.5. The van der Waals surface area contributed by atoms with Gasteiger partial charge in [-0.15, -0.1) is 0 Å². The highest BCUT2D eigenvalue weighted by atomic mass is 19.1. The van der Waals surface area contributed by atoms with E-state index in [9.17, 15) is 14.3 Å². The van der Waals surface area contributed by atoms with Gasteiger partial charge in [0.1, 0.15) is 11.6 Å². The van der Waals surface area contributed by atoms with Crippen LogP contribution in [-0.2, 0) is 0 Å². The molecule has 0 aromatic heterocycles. The minimum atomic E-state index is -0.599. The van der Waals surface area contributed by atoms with Crippen LogP contribution in [0.1, 0.15) is 29.3 Å². The smallest absolute Gasteiger partial charge is 0.274 e. The van der Waals surface area contributed by atoms with Crippen LogP contribution < -0.4 is 5.43 Å². The average molecular weight is 286 g/mol. The molecule has 5 heteroatoms. The maximum atomic E-state index is 13.5. The van der Waals surface area contributed by atoms with Crippen LogP contribution in [0.2, 0.25) is 0 Å². The number of halogens is 1. The van der Waals surface area contributed by atoms with Gasteiger partial charge in [-0.1, -0.05) is 19.1 Å². The van der Waals surface area contributed by atoms with Crippen molar-refractivity contribution in [1.29, 1.82) is 0 Å². The highest BCUT2D eigenvalue weighted by molar-refractivity contribution is 6.02. The zero-order valence-electron chi connectivity index (χ0n) is 11.5. The van der Waals surface area contributed by atoms with E-state index in [0.29, 0.717) is 12.1 Å². The number of nitrogens with zero attached hydrogens (tertiary/aromatic N) is 1. The summed E-state index contributed by atoms with van der Waals surface area (Å²) in [5.41, 5.74) is 3.72. The second-order valence-corrected chi connectivity index (χ2v) is 4.38. The Hall–Kier alpha value is -2.69. The average Bonchev–Trinajstić information content (AvgIpc) is 2.49. The Morgan fingerprint density at radius 2 is 1.86 bits per heavy atom. The maximum absolute atomic E-state index is 13.5. The molecule has 0 atom stereocenters. The van der Waals surface area contributed by atoms with Gasteiger partial charge in [-0.05, 0) is 48.4 Å². The summed E-state index contributed by atoms with van der Waals surface area (Å²) in [7, 11) is 0. The van der Waals surface area contributed by atoms with Crippen molar-refractivity contribution < 1.29 is 14.3 Å². The number of hydrogen-bond acceptors (Lipinski definition) is 3. The molecule has 0 unspecified atom stereocenters. The summed E-state index contributed by atoms with van der Waals surface area (Å²) in [5, 5.41) is 13.3. The van der Waals surface area contributed by atoms with E-state index < -0.39 is 11.7 Å². The van der Waals surface area contributed by atoms with Crippen molar-refractivity contribution in [2.24, 2.45) is 5.10 Å². The number of carbonyl (C=O) groups is 1. The number of phenolic OH excluding ortho intramolecular Hbond substituents is 1. The van der Waals surface area contributed by atoms with Gasteiger partial charge < -0.3 is 5.11 Å². The molecule has 1 amide bonds. The highest BCUT2D eigenvalue weighted by Gasteiger charge is 2.10. The zero-order valence-corrected chi connectivity index (χ0v) is 11.5. The predicted octanol–water partition coefficient (Wildman–Crippen LogP) is 3.08. The summed E-state index contributed by atoms with van der Waals surface area (Å²) in [6.07, 6.45) is 0.586. The molecular weight excluding hydrogens is 271 g/mol. The van der Waals surface area contributed by atoms with Crippen LogP contribution >= 0.6 is 0 Å². The molecule has 2 aromatic rings. The van der Waals surface area contributed by atoms with Gasteiger partial charge in [0.2, 0.25) is 0 Å². The molecule has 0 saturated heterocycles. The van der Waals surface area contributed by atoms with E-state index >= 15 is 0 Å². The molecule has 0 heterocycles. The highest BCUT2D eigenvalue weighted by Crippen LogP contribution is 2.12. The fraction of sp³-hybridized carbons (Fsp3) is 0.125. The van der Waals surface area contributed by atoms with Crippen LogP contribution in [0.3, 0.4) is 0 Å². The standard InChI is InChI=1S/C16H15FN2O2/c1-2-15(11-7-9-12(20)10-8-11)18-19-16(21)13-5-3-4-6-14(13)17/h3-10,20H,2H2,1H3,(H,19,21). The SMILES string of the molecule is CCC(=NNC(=O)c1ccccc1F)c1ccc(O)cc1. The minimum Gasteiger partial charge on any atom is -0.508 e. The second-order valence-electron chi connectivity index (χ2n) is 4.38. The van der Waals surface area contributed by atoms with Crippen LogP contribution in [0.25, 0.3) is 0 Å². The van der Waals surface area contributed by atoms with E-state index in [0.717, 1.165) is 5.56 Å². The lowest BCUT2D eigenvalue weighted by atomic mass is 10.1. The Kier molecular flexibility index (Phi) is 4.66. The first-order valence-electron chi connectivity index (χ1n) is 6.52. The third-order valence-corrected chi connectivity index (χ3v) is 2.95. The predicted molar refractivity (Wildman–Crippen MR) is 78.8 cm³/mol. The lowest BCUT2D eigenvalue weighted by molar-refractivity contribution is 0.0951. The van der Waals surface area contributed by atoms with Gasteiger partial charge in [0, 0.05) is 0 Å². The third kappa shape index (κ3) is 3.66. The van der Waals surface area contributed by atoms with Crippen LogP contribution in [0.15, 0.2) is 53.6 Å². The normalized spacial score (nSPS) is 11.2. The van der Waals surface area contributed by atoms with E-state index in [4.69, 9.17) is 0 Å². The number of amides is 1. The van der Waals surface area contributed by atoms with E-state index in [1.807, 2.05) is 6.92 Å². The van der Waals surface area contributed by atoms with Crippen LogP contribution in [-0.4, -0.2) is 16.7 Å². The lowest BCUT2D eigenvalue weighted by Gasteiger charge is -2.06. The monoisotopic (exact) mass is 286 g/mol. The number of nitrogens with one attached hydrogen (secondary N) is 1. The summed E-state index contributed by atoms with van der Waals surface area (Å²) in [6, 6.07) is 12.2. The molecule has 0 fully saturated rings. The molecule has 4 nitrogen and oxygen atoms in total. The Labute approximate surface area is 121 Å².